The van der Waals surface area contributed by atoms with Gasteiger partial charge in [-0.1, -0.05) is 0 Å². The summed E-state index contributed by atoms with van der Waals surface area (Å²) in [7, 11) is 1.89. The van der Waals surface area contributed by atoms with Crippen LogP contribution in [0.5, 0.6) is 0 Å². The number of hydrogen-bond donors (Lipinski definition) is 1. The summed E-state index contributed by atoms with van der Waals surface area (Å²) in [5.74, 6) is 0.637. The number of hydrogen-bond acceptors (Lipinski definition) is 5. The second-order valence-electron chi connectivity index (χ2n) is 2.35. The molecule has 6 heteroatoms. The average molecular weight is 181 g/mol. The second-order valence-corrected chi connectivity index (χ2v) is 3.13. The van der Waals surface area contributed by atoms with Crippen molar-refractivity contribution in [2.24, 2.45) is 7.05 Å². The molecule has 2 heterocycles. The molecule has 0 fully saturated rings. The molecule has 2 aromatic rings. The van der Waals surface area contributed by atoms with E-state index in [2.05, 4.69) is 14.3 Å². The summed E-state index contributed by atoms with van der Waals surface area (Å²) in [4.78, 5) is 7.99. The minimum absolute atomic E-state index is 0.478. The van der Waals surface area contributed by atoms with Gasteiger partial charge < -0.3 is 10.3 Å². The Kier molecular flexibility index (Phi) is 1.54. The first-order chi connectivity index (χ1) is 5.77. The molecule has 0 radical (unpaired) electrons. The SMILES string of the molecule is Cn1cncc1-c1nsc(N)n1. The van der Waals surface area contributed by atoms with Gasteiger partial charge in [0.2, 0.25) is 0 Å². The first kappa shape index (κ1) is 7.23. The van der Waals surface area contributed by atoms with Crippen molar-refractivity contribution in [3.05, 3.63) is 12.5 Å². The molecule has 0 aliphatic carbocycles. The molecule has 2 rings (SSSR count). The fourth-order valence-electron chi connectivity index (χ4n) is 0.912. The van der Waals surface area contributed by atoms with Crippen LogP contribution in [0, 0.1) is 0 Å². The third kappa shape index (κ3) is 1.06. The number of aromatic nitrogens is 4. The van der Waals surface area contributed by atoms with Crippen LogP contribution in [0.3, 0.4) is 0 Å². The van der Waals surface area contributed by atoms with Crippen LogP contribution < -0.4 is 5.73 Å². The summed E-state index contributed by atoms with van der Waals surface area (Å²) in [5, 5.41) is 0.478. The largest absolute Gasteiger partial charge is 0.374 e. The molecule has 2 aromatic heterocycles. The fourth-order valence-corrected chi connectivity index (χ4v) is 1.35. The Labute approximate surface area is 73.1 Å². The van der Waals surface area contributed by atoms with Crippen molar-refractivity contribution in [1.29, 1.82) is 0 Å². The van der Waals surface area contributed by atoms with Crippen LogP contribution in [-0.2, 0) is 7.05 Å². The fraction of sp³-hybridized carbons (Fsp3) is 0.167. The minimum atomic E-state index is 0.478. The Morgan fingerprint density at radius 1 is 1.58 bits per heavy atom. The third-order valence-electron chi connectivity index (χ3n) is 1.49. The smallest absolute Gasteiger partial charge is 0.200 e. The van der Waals surface area contributed by atoms with Crippen LogP contribution in [0.2, 0.25) is 0 Å². The zero-order valence-corrected chi connectivity index (χ0v) is 7.25. The van der Waals surface area contributed by atoms with E-state index in [1.54, 1.807) is 12.5 Å². The van der Waals surface area contributed by atoms with Gasteiger partial charge in [-0.25, -0.2) is 4.98 Å². The zero-order valence-electron chi connectivity index (χ0n) is 6.43. The Morgan fingerprint density at radius 3 is 2.92 bits per heavy atom. The summed E-state index contributed by atoms with van der Waals surface area (Å²) < 4.78 is 5.91. The van der Waals surface area contributed by atoms with Gasteiger partial charge in [0.25, 0.3) is 0 Å². The highest BCUT2D eigenvalue weighted by Crippen LogP contribution is 2.17. The number of rotatable bonds is 1. The van der Waals surface area contributed by atoms with Crippen LogP contribution in [0.1, 0.15) is 0 Å². The van der Waals surface area contributed by atoms with E-state index in [4.69, 9.17) is 5.73 Å². The van der Waals surface area contributed by atoms with Gasteiger partial charge in [0, 0.05) is 18.6 Å². The van der Waals surface area contributed by atoms with Crippen molar-refractivity contribution in [1.82, 2.24) is 18.9 Å². The van der Waals surface area contributed by atoms with E-state index in [1.165, 1.54) is 11.5 Å². The maximum Gasteiger partial charge on any atom is 0.200 e. The van der Waals surface area contributed by atoms with E-state index in [9.17, 15) is 0 Å². The van der Waals surface area contributed by atoms with Crippen LogP contribution in [0.15, 0.2) is 12.5 Å². The summed E-state index contributed by atoms with van der Waals surface area (Å²) in [5.41, 5.74) is 6.33. The molecule has 12 heavy (non-hydrogen) atoms. The molecule has 0 saturated heterocycles. The Balaban J connectivity index is 2.50. The number of nitrogens with two attached hydrogens (primary N) is 1. The molecule has 0 aliphatic rings. The van der Waals surface area contributed by atoms with Crippen molar-refractivity contribution in [2.45, 2.75) is 0 Å². The molecular weight excluding hydrogens is 174 g/mol. The van der Waals surface area contributed by atoms with Crippen LogP contribution in [0.4, 0.5) is 5.13 Å². The van der Waals surface area contributed by atoms with E-state index in [-0.39, 0.29) is 0 Å². The van der Waals surface area contributed by atoms with Gasteiger partial charge in [-0.05, 0) is 0 Å². The van der Waals surface area contributed by atoms with Gasteiger partial charge >= 0.3 is 0 Å². The summed E-state index contributed by atoms with van der Waals surface area (Å²) in [6.07, 6.45) is 3.41. The van der Waals surface area contributed by atoms with Crippen molar-refractivity contribution in [3.63, 3.8) is 0 Å². The van der Waals surface area contributed by atoms with Gasteiger partial charge in [0.1, 0.15) is 5.69 Å². The van der Waals surface area contributed by atoms with Gasteiger partial charge in [-0.15, -0.1) is 0 Å². The van der Waals surface area contributed by atoms with Crippen LogP contribution in [0.25, 0.3) is 11.5 Å². The molecule has 0 bridgehead atoms. The van der Waals surface area contributed by atoms with Crippen molar-refractivity contribution in [2.75, 3.05) is 5.73 Å². The topological polar surface area (TPSA) is 69.6 Å². The molecular formula is C6H7N5S. The quantitative estimate of drug-likeness (QED) is 0.696. The van der Waals surface area contributed by atoms with Gasteiger partial charge in [0.05, 0.1) is 12.5 Å². The average Bonchev–Trinajstić information content (AvgIpc) is 2.58. The standard InChI is InChI=1S/C6H7N5S/c1-11-3-8-2-4(11)5-9-6(7)12-10-5/h2-3H,1H3,(H2,7,9,10). The predicted octanol–water partition coefficient (Wildman–Crippen LogP) is 0.521. The van der Waals surface area contributed by atoms with E-state index >= 15 is 0 Å². The Hall–Kier alpha value is -1.43. The first-order valence-electron chi connectivity index (χ1n) is 3.33. The van der Waals surface area contributed by atoms with Crippen LogP contribution in [-0.4, -0.2) is 18.9 Å². The predicted molar refractivity (Wildman–Crippen MR) is 46.5 cm³/mol. The third-order valence-corrected chi connectivity index (χ3v) is 2.03. The summed E-state index contributed by atoms with van der Waals surface area (Å²) >= 11 is 1.19. The molecule has 5 nitrogen and oxygen atoms in total. The van der Waals surface area contributed by atoms with Crippen molar-refractivity contribution < 1.29 is 0 Å². The highest BCUT2D eigenvalue weighted by molar-refractivity contribution is 7.09. The maximum atomic E-state index is 5.45. The molecule has 0 spiro atoms. The highest BCUT2D eigenvalue weighted by Gasteiger charge is 2.07. The number of anilines is 1. The molecule has 0 aromatic carbocycles. The Morgan fingerprint density at radius 2 is 2.42 bits per heavy atom. The monoisotopic (exact) mass is 181 g/mol. The normalized spacial score (nSPS) is 10.4. The number of nitrogen functional groups attached to an aromatic ring is 1. The molecule has 0 unspecified atom stereocenters. The van der Waals surface area contributed by atoms with Crippen molar-refractivity contribution in [3.8, 4) is 11.5 Å². The van der Waals surface area contributed by atoms with Gasteiger partial charge in [-0.3, -0.25) is 0 Å². The maximum absolute atomic E-state index is 5.45. The zero-order chi connectivity index (χ0) is 8.55. The summed E-state index contributed by atoms with van der Waals surface area (Å²) in [6.45, 7) is 0. The van der Waals surface area contributed by atoms with E-state index in [0.29, 0.717) is 11.0 Å². The second kappa shape index (κ2) is 2.56. The molecule has 0 saturated carbocycles. The lowest BCUT2D eigenvalue weighted by molar-refractivity contribution is 0.913. The first-order valence-corrected chi connectivity index (χ1v) is 4.10. The molecule has 62 valence electrons. The van der Waals surface area contributed by atoms with Gasteiger partial charge in [-0.2, -0.15) is 9.36 Å². The minimum Gasteiger partial charge on any atom is -0.374 e. The molecule has 0 aliphatic heterocycles. The number of nitrogens with zero attached hydrogens (tertiary/aromatic N) is 4. The van der Waals surface area contributed by atoms with Crippen molar-refractivity contribution >= 4 is 16.7 Å². The number of aryl methyl sites for hydroxylation is 1. The molecule has 0 atom stereocenters. The molecule has 0 amide bonds. The van der Waals surface area contributed by atoms with Crippen LogP contribution >= 0.6 is 11.5 Å². The lowest BCUT2D eigenvalue weighted by atomic mass is 10.4. The molecule has 2 N–H and O–H groups in total. The van der Waals surface area contributed by atoms with Gasteiger partial charge in [0.15, 0.2) is 11.0 Å². The van der Waals surface area contributed by atoms with E-state index < -0.39 is 0 Å². The van der Waals surface area contributed by atoms with E-state index in [0.717, 1.165) is 5.69 Å². The summed E-state index contributed by atoms with van der Waals surface area (Å²) in [6, 6.07) is 0. The van der Waals surface area contributed by atoms with E-state index in [1.807, 2.05) is 11.6 Å². The highest BCUT2D eigenvalue weighted by atomic mass is 32.1. The number of imidazole rings is 1. The lowest BCUT2D eigenvalue weighted by Crippen LogP contribution is -1.91. The Bertz CT molecular complexity index is 390. The lowest BCUT2D eigenvalue weighted by Gasteiger charge is -1.93.